The fraction of sp³-hybridized carbons (Fsp3) is 0.522. The topological polar surface area (TPSA) is 87.7 Å². The van der Waals surface area contributed by atoms with Crippen LogP contribution in [-0.2, 0) is 30.5 Å². The molecule has 1 saturated heterocycles. The standard InChI is InChI=1S/C23H26F5IN6O2/c1-32-2-4-33(5-3-32)21(37)20-18-12-34(6-7-35(18)22(31-20)23(26,27)28)19(36)10-14(30)8-13-9-16(25)17(29)11-15(13)24/h9,11,14H,2-8,10,12,30H2,1H3. The zero-order valence-electron chi connectivity index (χ0n) is 20.0. The highest BCUT2D eigenvalue weighted by Crippen LogP contribution is 2.33. The van der Waals surface area contributed by atoms with E-state index < -0.39 is 41.5 Å². The van der Waals surface area contributed by atoms with Crippen LogP contribution >= 0.6 is 22.6 Å². The van der Waals surface area contributed by atoms with E-state index in [0.29, 0.717) is 26.2 Å². The lowest BCUT2D eigenvalue weighted by Gasteiger charge is -2.33. The number of alkyl halides is 3. The van der Waals surface area contributed by atoms with Gasteiger partial charge in [0, 0.05) is 51.7 Å². The van der Waals surface area contributed by atoms with Crippen LogP contribution in [0, 0.1) is 15.2 Å². The van der Waals surface area contributed by atoms with E-state index in [1.54, 1.807) is 22.6 Å². The first-order valence-corrected chi connectivity index (χ1v) is 12.7. The number of fused-ring (bicyclic) bond motifs is 1. The van der Waals surface area contributed by atoms with Crippen LogP contribution in [0.1, 0.15) is 34.0 Å². The first-order chi connectivity index (χ1) is 17.3. The van der Waals surface area contributed by atoms with Gasteiger partial charge >= 0.3 is 6.18 Å². The molecular weight excluding hydrogens is 614 g/mol. The summed E-state index contributed by atoms with van der Waals surface area (Å²) in [6.45, 7) is 1.42. The minimum atomic E-state index is -4.77. The minimum absolute atomic E-state index is 0.0233. The van der Waals surface area contributed by atoms with Gasteiger partial charge in [-0.15, -0.1) is 0 Å². The van der Waals surface area contributed by atoms with Gasteiger partial charge < -0.3 is 25.0 Å². The number of aromatic nitrogens is 2. The lowest BCUT2D eigenvalue weighted by atomic mass is 10.0. The van der Waals surface area contributed by atoms with Crippen molar-refractivity contribution in [1.29, 1.82) is 0 Å². The number of imidazole rings is 1. The molecule has 2 aliphatic heterocycles. The Morgan fingerprint density at radius 3 is 2.35 bits per heavy atom. The Labute approximate surface area is 223 Å². The van der Waals surface area contributed by atoms with E-state index in [1.807, 2.05) is 11.9 Å². The fourth-order valence-corrected chi connectivity index (χ4v) is 4.99. The third kappa shape index (κ3) is 6.06. The van der Waals surface area contributed by atoms with Gasteiger partial charge in [0.15, 0.2) is 5.69 Å². The SMILES string of the molecule is CN1CCN(C(=O)c2nc(C(F)(F)F)n3c2CN(C(=O)CC(N)Cc2cc(F)c(I)cc2F)CC3)CC1. The molecule has 2 aliphatic rings. The molecule has 0 bridgehead atoms. The second-order valence-electron chi connectivity index (χ2n) is 9.32. The minimum Gasteiger partial charge on any atom is -0.335 e. The molecular formula is C23H26F5IN6O2. The number of nitrogens with zero attached hydrogens (tertiary/aromatic N) is 5. The number of nitrogens with two attached hydrogens (primary N) is 1. The van der Waals surface area contributed by atoms with Gasteiger partial charge in [-0.05, 0) is 53.8 Å². The van der Waals surface area contributed by atoms with Gasteiger partial charge in [-0.25, -0.2) is 13.8 Å². The third-order valence-corrected chi connectivity index (χ3v) is 7.44. The van der Waals surface area contributed by atoms with Crippen LogP contribution in [0.2, 0.25) is 0 Å². The molecule has 1 unspecified atom stereocenters. The number of hydrogen-bond donors (Lipinski definition) is 1. The predicted molar refractivity (Wildman–Crippen MR) is 131 cm³/mol. The molecule has 1 fully saturated rings. The Balaban J connectivity index is 1.51. The van der Waals surface area contributed by atoms with Crippen LogP contribution in [0.25, 0.3) is 0 Å². The molecule has 2 amide bonds. The molecule has 37 heavy (non-hydrogen) atoms. The van der Waals surface area contributed by atoms with E-state index in [4.69, 9.17) is 5.73 Å². The van der Waals surface area contributed by atoms with E-state index in [9.17, 15) is 31.5 Å². The maximum atomic E-state index is 14.2. The molecule has 1 aromatic carbocycles. The Hall–Kier alpha value is -2.33. The van der Waals surface area contributed by atoms with E-state index >= 15 is 0 Å². The number of hydrogen-bond acceptors (Lipinski definition) is 5. The number of carbonyl (C=O) groups excluding carboxylic acids is 2. The number of likely N-dealkylation sites (N-methyl/N-ethyl adjacent to an activating group) is 1. The Morgan fingerprint density at radius 2 is 1.70 bits per heavy atom. The van der Waals surface area contributed by atoms with E-state index in [-0.39, 0.29) is 53.0 Å². The number of amides is 2. The van der Waals surface area contributed by atoms with Crippen molar-refractivity contribution >= 4 is 34.4 Å². The highest BCUT2D eigenvalue weighted by molar-refractivity contribution is 14.1. The van der Waals surface area contributed by atoms with Crippen molar-refractivity contribution in [2.45, 2.75) is 38.1 Å². The average Bonchev–Trinajstić information content (AvgIpc) is 3.22. The summed E-state index contributed by atoms with van der Waals surface area (Å²) in [5.41, 5.74) is 5.79. The van der Waals surface area contributed by atoms with Gasteiger partial charge in [0.1, 0.15) is 11.6 Å². The Bertz CT molecular complexity index is 1200. The molecule has 4 rings (SSSR count). The van der Waals surface area contributed by atoms with E-state index in [1.165, 1.54) is 9.80 Å². The average molecular weight is 640 g/mol. The van der Waals surface area contributed by atoms with Crippen molar-refractivity contribution in [1.82, 2.24) is 24.3 Å². The molecule has 0 radical (unpaired) electrons. The summed E-state index contributed by atoms with van der Waals surface area (Å²) < 4.78 is 70.2. The zero-order chi connectivity index (χ0) is 27.1. The van der Waals surface area contributed by atoms with Crippen LogP contribution in [0.3, 0.4) is 0 Å². The molecule has 0 saturated carbocycles. The summed E-state index contributed by atoms with van der Waals surface area (Å²) in [6, 6.07) is 1.24. The van der Waals surface area contributed by atoms with Crippen molar-refractivity contribution in [2.75, 3.05) is 39.8 Å². The van der Waals surface area contributed by atoms with Crippen LogP contribution in [0.15, 0.2) is 12.1 Å². The molecule has 8 nitrogen and oxygen atoms in total. The van der Waals surface area contributed by atoms with Gasteiger partial charge in [-0.1, -0.05) is 0 Å². The maximum Gasteiger partial charge on any atom is 0.449 e. The summed E-state index contributed by atoms with van der Waals surface area (Å²) in [7, 11) is 1.89. The van der Waals surface area contributed by atoms with Crippen molar-refractivity contribution < 1.29 is 31.5 Å². The number of benzene rings is 1. The van der Waals surface area contributed by atoms with Crippen LogP contribution < -0.4 is 5.73 Å². The molecule has 3 heterocycles. The van der Waals surface area contributed by atoms with Gasteiger partial charge in [-0.3, -0.25) is 9.59 Å². The molecule has 0 aliphatic carbocycles. The van der Waals surface area contributed by atoms with Crippen LogP contribution in [-0.4, -0.2) is 81.9 Å². The largest absolute Gasteiger partial charge is 0.449 e. The molecule has 14 heteroatoms. The molecule has 2 N–H and O–H groups in total. The normalized spacial score (nSPS) is 17.6. The van der Waals surface area contributed by atoms with Crippen molar-refractivity contribution in [3.05, 3.63) is 50.1 Å². The molecule has 0 spiro atoms. The highest BCUT2D eigenvalue weighted by atomic mass is 127. The zero-order valence-corrected chi connectivity index (χ0v) is 22.2. The maximum absolute atomic E-state index is 14.2. The molecule has 1 aromatic heterocycles. The number of carbonyl (C=O) groups is 2. The lowest BCUT2D eigenvalue weighted by Crippen LogP contribution is -2.48. The van der Waals surface area contributed by atoms with Gasteiger partial charge in [0.25, 0.3) is 5.91 Å². The van der Waals surface area contributed by atoms with Crippen LogP contribution in [0.4, 0.5) is 22.0 Å². The van der Waals surface area contributed by atoms with Crippen molar-refractivity contribution in [3.8, 4) is 0 Å². The van der Waals surface area contributed by atoms with Crippen LogP contribution in [0.5, 0.6) is 0 Å². The summed E-state index contributed by atoms with van der Waals surface area (Å²) in [5, 5.41) is 0. The summed E-state index contributed by atoms with van der Waals surface area (Å²) in [5.74, 6) is -3.47. The first-order valence-electron chi connectivity index (χ1n) is 11.7. The number of piperazine rings is 1. The highest BCUT2D eigenvalue weighted by Gasteiger charge is 2.42. The first kappa shape index (κ1) is 27.7. The summed E-state index contributed by atoms with van der Waals surface area (Å²) in [4.78, 5) is 34.6. The molecule has 202 valence electrons. The van der Waals surface area contributed by atoms with E-state index in [0.717, 1.165) is 16.7 Å². The monoisotopic (exact) mass is 640 g/mol. The second-order valence-corrected chi connectivity index (χ2v) is 10.5. The smallest absolute Gasteiger partial charge is 0.335 e. The third-order valence-electron chi connectivity index (χ3n) is 6.61. The van der Waals surface area contributed by atoms with Crippen molar-refractivity contribution in [3.63, 3.8) is 0 Å². The quantitative estimate of drug-likeness (QED) is 0.309. The predicted octanol–water partition coefficient (Wildman–Crippen LogP) is 2.47. The van der Waals surface area contributed by atoms with Crippen molar-refractivity contribution in [2.24, 2.45) is 5.73 Å². The van der Waals surface area contributed by atoms with E-state index in [2.05, 4.69) is 4.98 Å². The Morgan fingerprint density at radius 1 is 1.05 bits per heavy atom. The van der Waals surface area contributed by atoms with Gasteiger partial charge in [-0.2, -0.15) is 13.2 Å². The van der Waals surface area contributed by atoms with Gasteiger partial charge in [0.2, 0.25) is 11.7 Å². The summed E-state index contributed by atoms with van der Waals surface area (Å²) in [6.07, 6.45) is -5.09. The van der Waals surface area contributed by atoms with Gasteiger partial charge in [0.05, 0.1) is 15.8 Å². The summed E-state index contributed by atoms with van der Waals surface area (Å²) >= 11 is 1.66. The fourth-order valence-electron chi connectivity index (χ4n) is 4.56. The molecule has 1 atom stereocenters. The number of rotatable bonds is 5. The molecule has 2 aromatic rings. The number of halogens is 6. The second kappa shape index (κ2) is 10.8. The Kier molecular flexibility index (Phi) is 8.09. The lowest BCUT2D eigenvalue weighted by molar-refractivity contribution is -0.148.